The number of benzene rings is 2. The number of carbonyl (C=O) groups excluding carboxylic acids is 1. The van der Waals surface area contributed by atoms with Gasteiger partial charge in [0.15, 0.2) is 5.83 Å². The summed E-state index contributed by atoms with van der Waals surface area (Å²) in [6.07, 6.45) is 0.595. The third-order valence-corrected chi connectivity index (χ3v) is 9.57. The lowest BCUT2D eigenvalue weighted by Gasteiger charge is -2.43. The quantitative estimate of drug-likeness (QED) is 0.300. The SMILES string of the molecule is C=C(F)C(=O)N1CCN(c2nc(OCC3(CN(C)C)COC3)nc3c2C[C@@H](C)N(c2cccc4ccc(F)c(Cl)c24)C3)CC1CC#N. The van der Waals surface area contributed by atoms with Gasteiger partial charge in [-0.15, -0.1) is 0 Å². The van der Waals surface area contributed by atoms with Crippen molar-refractivity contribution in [1.82, 2.24) is 19.8 Å². The number of piperazine rings is 1. The van der Waals surface area contributed by atoms with Crippen LogP contribution in [0.3, 0.4) is 0 Å². The number of fused-ring (bicyclic) bond motifs is 2. The van der Waals surface area contributed by atoms with E-state index in [0.29, 0.717) is 50.5 Å². The van der Waals surface area contributed by atoms with E-state index in [1.807, 2.05) is 37.2 Å². The predicted octanol–water partition coefficient (Wildman–Crippen LogP) is 4.74. The van der Waals surface area contributed by atoms with E-state index < -0.39 is 23.6 Å². The van der Waals surface area contributed by atoms with E-state index in [2.05, 4.69) is 29.4 Å². The van der Waals surface area contributed by atoms with Crippen LogP contribution in [0.5, 0.6) is 6.01 Å². The van der Waals surface area contributed by atoms with Crippen LogP contribution in [0, 0.1) is 22.6 Å². The summed E-state index contributed by atoms with van der Waals surface area (Å²) in [4.78, 5) is 30.1. The van der Waals surface area contributed by atoms with Crippen molar-refractivity contribution in [3.63, 3.8) is 0 Å². The maximum absolute atomic E-state index is 14.7. The van der Waals surface area contributed by atoms with Crippen LogP contribution in [-0.2, 0) is 22.5 Å². The van der Waals surface area contributed by atoms with Crippen molar-refractivity contribution in [3.8, 4) is 12.1 Å². The van der Waals surface area contributed by atoms with Gasteiger partial charge >= 0.3 is 6.01 Å². The van der Waals surface area contributed by atoms with E-state index in [0.717, 1.165) is 28.9 Å². The summed E-state index contributed by atoms with van der Waals surface area (Å²) < 4.78 is 40.4. The Bertz CT molecular complexity index is 1740. The van der Waals surface area contributed by atoms with Crippen molar-refractivity contribution in [2.24, 2.45) is 5.41 Å². The van der Waals surface area contributed by atoms with Crippen LogP contribution in [0.2, 0.25) is 5.02 Å². The number of nitriles is 1. The van der Waals surface area contributed by atoms with Gasteiger partial charge in [-0.05, 0) is 45.0 Å². The molecule has 1 unspecified atom stereocenters. The average molecular weight is 666 g/mol. The fourth-order valence-corrected chi connectivity index (χ4v) is 7.26. The number of ether oxygens (including phenoxy) is 2. The summed E-state index contributed by atoms with van der Waals surface area (Å²) in [5, 5.41) is 11.1. The Labute approximate surface area is 278 Å². The van der Waals surface area contributed by atoms with Crippen LogP contribution in [0.1, 0.15) is 24.6 Å². The molecule has 2 aromatic carbocycles. The number of rotatable bonds is 9. The predicted molar refractivity (Wildman–Crippen MR) is 176 cm³/mol. The summed E-state index contributed by atoms with van der Waals surface area (Å²) in [6, 6.07) is 10.6. The van der Waals surface area contributed by atoms with Crippen molar-refractivity contribution >= 4 is 39.8 Å². The van der Waals surface area contributed by atoms with Crippen molar-refractivity contribution < 1.29 is 23.0 Å². The van der Waals surface area contributed by atoms with Gasteiger partial charge in [0.1, 0.15) is 18.2 Å². The minimum atomic E-state index is -1.05. The normalized spacial score (nSPS) is 20.5. The molecule has 13 heteroatoms. The van der Waals surface area contributed by atoms with Crippen molar-refractivity contribution in [2.45, 2.75) is 38.4 Å². The maximum Gasteiger partial charge on any atom is 0.318 e. The molecular formula is C34H38ClF2N7O3. The molecule has 3 aliphatic heterocycles. The molecule has 3 aromatic rings. The highest BCUT2D eigenvalue weighted by Crippen LogP contribution is 2.40. The monoisotopic (exact) mass is 665 g/mol. The highest BCUT2D eigenvalue weighted by molar-refractivity contribution is 6.36. The van der Waals surface area contributed by atoms with Gasteiger partial charge in [-0.1, -0.05) is 36.4 Å². The Morgan fingerprint density at radius 3 is 2.72 bits per heavy atom. The summed E-state index contributed by atoms with van der Waals surface area (Å²) >= 11 is 6.53. The lowest BCUT2D eigenvalue weighted by atomic mass is 9.86. The molecule has 0 radical (unpaired) electrons. The average Bonchev–Trinajstić information content (AvgIpc) is 3.03. The van der Waals surface area contributed by atoms with Crippen LogP contribution in [0.4, 0.5) is 20.3 Å². The zero-order chi connectivity index (χ0) is 33.5. The number of carbonyl (C=O) groups is 1. The Morgan fingerprint density at radius 2 is 2.04 bits per heavy atom. The molecule has 2 saturated heterocycles. The van der Waals surface area contributed by atoms with Crippen molar-refractivity contribution in [3.05, 3.63) is 64.8 Å². The largest absolute Gasteiger partial charge is 0.463 e. The number of amides is 1. The molecule has 10 nitrogen and oxygen atoms in total. The van der Waals surface area contributed by atoms with E-state index >= 15 is 0 Å². The summed E-state index contributed by atoms with van der Waals surface area (Å²) in [5.74, 6) is -1.67. The number of halogens is 3. The lowest BCUT2D eigenvalue weighted by molar-refractivity contribution is -0.140. The molecule has 0 aliphatic carbocycles. The van der Waals surface area contributed by atoms with Gasteiger partial charge in [0.05, 0.1) is 54.4 Å². The molecule has 4 heterocycles. The number of hydrogen-bond donors (Lipinski definition) is 0. The molecule has 0 N–H and O–H groups in total. The summed E-state index contributed by atoms with van der Waals surface area (Å²) in [5.41, 5.74) is 2.30. The lowest BCUT2D eigenvalue weighted by Crippen LogP contribution is -2.56. The molecule has 6 rings (SSSR count). The second-order valence-electron chi connectivity index (χ2n) is 13.1. The first-order valence-electron chi connectivity index (χ1n) is 15.7. The van der Waals surface area contributed by atoms with Gasteiger partial charge in [0, 0.05) is 48.9 Å². The van der Waals surface area contributed by atoms with Gasteiger partial charge < -0.3 is 29.1 Å². The Balaban J connectivity index is 1.38. The summed E-state index contributed by atoms with van der Waals surface area (Å²) in [7, 11) is 4.02. The fraction of sp³-hybridized carbons (Fsp3) is 0.471. The molecule has 1 amide bonds. The first kappa shape index (κ1) is 32.9. The highest BCUT2D eigenvalue weighted by Gasteiger charge is 2.41. The van der Waals surface area contributed by atoms with Crippen LogP contribution >= 0.6 is 11.6 Å². The summed E-state index contributed by atoms with van der Waals surface area (Å²) in [6.45, 7) is 8.79. The minimum absolute atomic E-state index is 0.0296. The fourth-order valence-electron chi connectivity index (χ4n) is 6.99. The van der Waals surface area contributed by atoms with Crippen molar-refractivity contribution in [2.75, 3.05) is 69.9 Å². The number of aromatic nitrogens is 2. The molecule has 0 bridgehead atoms. The van der Waals surface area contributed by atoms with Crippen molar-refractivity contribution in [1.29, 1.82) is 5.26 Å². The van der Waals surface area contributed by atoms with E-state index in [4.69, 9.17) is 31.0 Å². The molecule has 1 aromatic heterocycles. The number of anilines is 2. The van der Waals surface area contributed by atoms with Gasteiger partial charge in [-0.3, -0.25) is 4.79 Å². The van der Waals surface area contributed by atoms with Gasteiger partial charge in [0.2, 0.25) is 0 Å². The van der Waals surface area contributed by atoms with Crippen LogP contribution in [0.15, 0.2) is 42.7 Å². The van der Waals surface area contributed by atoms with Crippen LogP contribution in [0.25, 0.3) is 10.8 Å². The molecule has 2 fully saturated rings. The smallest absolute Gasteiger partial charge is 0.318 e. The van der Waals surface area contributed by atoms with E-state index in [1.54, 1.807) is 6.07 Å². The zero-order valence-electron chi connectivity index (χ0n) is 26.8. The standard InChI is InChI=1S/C34H38ClF2N7O3/c1-21-14-25-27(16-44(21)28-7-5-6-23-8-9-26(37)30(35)29(23)28)39-33(47-20-34(17-41(3)4)18-46-19-34)40-31(25)42-12-13-43(32(45)22(2)36)24(15-42)10-11-38/h5-9,21,24H,2,10,12-20H2,1,3-4H3/t21-,24?/m1/s1. The van der Waals surface area contributed by atoms with Gasteiger partial charge in [-0.2, -0.15) is 15.2 Å². The third-order valence-electron chi connectivity index (χ3n) is 9.20. The molecule has 3 aliphatic rings. The molecule has 0 saturated carbocycles. The zero-order valence-corrected chi connectivity index (χ0v) is 27.6. The van der Waals surface area contributed by atoms with Crippen LogP contribution < -0.4 is 14.5 Å². The molecule has 0 spiro atoms. The topological polar surface area (TPSA) is 98.1 Å². The molecular weight excluding hydrogens is 628 g/mol. The van der Waals surface area contributed by atoms with Gasteiger partial charge in [0.25, 0.3) is 5.91 Å². The molecule has 47 heavy (non-hydrogen) atoms. The second kappa shape index (κ2) is 13.2. The third kappa shape index (κ3) is 6.44. The second-order valence-corrected chi connectivity index (χ2v) is 13.4. The minimum Gasteiger partial charge on any atom is -0.463 e. The van der Waals surface area contributed by atoms with Crippen LogP contribution in [-0.4, -0.2) is 97.9 Å². The number of hydrogen-bond acceptors (Lipinski definition) is 9. The molecule has 2 atom stereocenters. The first-order chi connectivity index (χ1) is 22.5. The maximum atomic E-state index is 14.7. The Kier molecular flexibility index (Phi) is 9.25. The van der Waals surface area contributed by atoms with Gasteiger partial charge in [-0.25, -0.2) is 8.78 Å². The molecule has 248 valence electrons. The highest BCUT2D eigenvalue weighted by atomic mass is 35.5. The Hall–Kier alpha value is -4.05. The van der Waals surface area contributed by atoms with E-state index in [9.17, 15) is 18.8 Å². The van der Waals surface area contributed by atoms with E-state index in [-0.39, 0.29) is 42.0 Å². The van der Waals surface area contributed by atoms with E-state index in [1.165, 1.54) is 11.0 Å². The first-order valence-corrected chi connectivity index (χ1v) is 16.0. The number of nitrogens with zero attached hydrogens (tertiary/aromatic N) is 7. The Morgan fingerprint density at radius 1 is 1.26 bits per heavy atom.